The van der Waals surface area contributed by atoms with Crippen molar-refractivity contribution in [2.45, 2.75) is 19.8 Å². The Labute approximate surface area is 137 Å². The second kappa shape index (κ2) is 7.82. The molecule has 0 fully saturated rings. The van der Waals surface area contributed by atoms with Gasteiger partial charge in [-0.15, -0.1) is 11.3 Å². The van der Waals surface area contributed by atoms with E-state index in [-0.39, 0.29) is 30.5 Å². The summed E-state index contributed by atoms with van der Waals surface area (Å²) in [6, 6.07) is 6.14. The summed E-state index contributed by atoms with van der Waals surface area (Å²) in [5.41, 5.74) is 1.29. The number of carbonyl (C=O) groups is 2. The molecule has 7 heteroatoms. The van der Waals surface area contributed by atoms with Gasteiger partial charge in [-0.05, 0) is 18.1 Å². The Morgan fingerprint density at radius 2 is 2.22 bits per heavy atom. The summed E-state index contributed by atoms with van der Waals surface area (Å²) >= 11 is 1.35. The van der Waals surface area contributed by atoms with E-state index in [1.54, 1.807) is 24.4 Å². The number of hydrogen-bond acceptors (Lipinski definition) is 4. The minimum absolute atomic E-state index is 0.0146. The van der Waals surface area contributed by atoms with Crippen LogP contribution in [0.3, 0.4) is 0 Å². The van der Waals surface area contributed by atoms with Gasteiger partial charge in [-0.2, -0.15) is 0 Å². The van der Waals surface area contributed by atoms with Gasteiger partial charge in [-0.3, -0.25) is 9.59 Å². The van der Waals surface area contributed by atoms with Gasteiger partial charge in [-0.25, -0.2) is 9.37 Å². The number of hydrogen-bond donors (Lipinski definition) is 2. The molecule has 0 spiro atoms. The molecule has 0 aliphatic carbocycles. The summed E-state index contributed by atoms with van der Waals surface area (Å²) in [5, 5.41) is 13.8. The van der Waals surface area contributed by atoms with Crippen molar-refractivity contribution in [1.82, 2.24) is 10.3 Å². The predicted octanol–water partition coefficient (Wildman–Crippen LogP) is 2.72. The second-order valence-corrected chi connectivity index (χ2v) is 6.20. The Hall–Kier alpha value is -2.28. The van der Waals surface area contributed by atoms with Crippen LogP contribution in [0.1, 0.15) is 19.0 Å². The number of aliphatic carboxylic acids is 1. The monoisotopic (exact) mass is 336 g/mol. The summed E-state index contributed by atoms with van der Waals surface area (Å²) in [6.45, 7) is 2.07. The van der Waals surface area contributed by atoms with E-state index in [9.17, 15) is 14.0 Å². The van der Waals surface area contributed by atoms with Crippen LogP contribution in [0, 0.1) is 11.7 Å². The lowest BCUT2D eigenvalue weighted by Crippen LogP contribution is -2.30. The highest BCUT2D eigenvalue weighted by atomic mass is 32.1. The molecule has 0 saturated carbocycles. The van der Waals surface area contributed by atoms with E-state index in [0.29, 0.717) is 22.8 Å². The summed E-state index contributed by atoms with van der Waals surface area (Å²) < 4.78 is 13.2. The maximum atomic E-state index is 13.2. The first kappa shape index (κ1) is 17.1. The number of thiazole rings is 1. The molecule has 1 heterocycles. The summed E-state index contributed by atoms with van der Waals surface area (Å²) in [5.74, 6) is -1.55. The number of carbonyl (C=O) groups excluding carboxylic acids is 1. The van der Waals surface area contributed by atoms with Crippen LogP contribution in [0.15, 0.2) is 29.6 Å². The topological polar surface area (TPSA) is 79.3 Å². The number of carboxylic acids is 1. The lowest BCUT2D eigenvalue weighted by molar-refractivity contribution is -0.138. The van der Waals surface area contributed by atoms with Crippen molar-refractivity contribution in [3.05, 3.63) is 41.2 Å². The molecular weight excluding hydrogens is 319 g/mol. The smallest absolute Gasteiger partial charge is 0.303 e. The van der Waals surface area contributed by atoms with E-state index in [0.717, 1.165) is 0 Å². The number of carboxylic acid groups (broad SMARTS) is 1. The number of amides is 1. The van der Waals surface area contributed by atoms with Gasteiger partial charge in [0, 0.05) is 23.9 Å². The Balaban J connectivity index is 1.89. The zero-order valence-electron chi connectivity index (χ0n) is 12.6. The number of nitrogens with one attached hydrogen (secondary N) is 1. The molecule has 0 aliphatic heterocycles. The van der Waals surface area contributed by atoms with Gasteiger partial charge in [0.05, 0.1) is 12.1 Å². The highest BCUT2D eigenvalue weighted by molar-refractivity contribution is 7.13. The largest absolute Gasteiger partial charge is 0.481 e. The SMILES string of the molecule is CC(CNC(=O)Cc1csc(-c2cccc(F)c2)n1)CC(=O)O. The van der Waals surface area contributed by atoms with Gasteiger partial charge in [0.15, 0.2) is 0 Å². The number of nitrogens with zero attached hydrogens (tertiary/aromatic N) is 1. The van der Waals surface area contributed by atoms with Gasteiger partial charge in [0.25, 0.3) is 0 Å². The van der Waals surface area contributed by atoms with Gasteiger partial charge in [-0.1, -0.05) is 19.1 Å². The molecule has 5 nitrogen and oxygen atoms in total. The van der Waals surface area contributed by atoms with Crippen LogP contribution in [0.2, 0.25) is 0 Å². The molecule has 2 aromatic rings. The minimum Gasteiger partial charge on any atom is -0.481 e. The number of rotatable bonds is 7. The van der Waals surface area contributed by atoms with Crippen molar-refractivity contribution < 1.29 is 19.1 Å². The molecule has 1 aromatic heterocycles. The fourth-order valence-electron chi connectivity index (χ4n) is 2.03. The number of halogens is 1. The van der Waals surface area contributed by atoms with Crippen LogP contribution < -0.4 is 5.32 Å². The highest BCUT2D eigenvalue weighted by Gasteiger charge is 2.12. The number of aromatic nitrogens is 1. The van der Waals surface area contributed by atoms with Gasteiger partial charge in [0.1, 0.15) is 10.8 Å². The third-order valence-electron chi connectivity index (χ3n) is 3.14. The van der Waals surface area contributed by atoms with E-state index in [2.05, 4.69) is 10.3 Å². The second-order valence-electron chi connectivity index (χ2n) is 5.34. The molecule has 1 unspecified atom stereocenters. The third-order valence-corrected chi connectivity index (χ3v) is 4.08. The fraction of sp³-hybridized carbons (Fsp3) is 0.312. The molecule has 2 N–H and O–H groups in total. The molecule has 0 bridgehead atoms. The number of benzene rings is 1. The fourth-order valence-corrected chi connectivity index (χ4v) is 2.84. The zero-order chi connectivity index (χ0) is 16.8. The van der Waals surface area contributed by atoms with Crippen molar-refractivity contribution in [2.75, 3.05) is 6.54 Å². The van der Waals surface area contributed by atoms with E-state index in [1.165, 1.54) is 23.5 Å². The molecule has 2 rings (SSSR count). The maximum Gasteiger partial charge on any atom is 0.303 e. The van der Waals surface area contributed by atoms with Crippen LogP contribution in [0.25, 0.3) is 10.6 Å². The Morgan fingerprint density at radius 1 is 1.43 bits per heavy atom. The molecule has 1 aromatic carbocycles. The van der Waals surface area contributed by atoms with Gasteiger partial charge < -0.3 is 10.4 Å². The van der Waals surface area contributed by atoms with Crippen molar-refractivity contribution in [3.63, 3.8) is 0 Å². The predicted molar refractivity (Wildman–Crippen MR) is 85.6 cm³/mol. The third kappa shape index (κ3) is 5.45. The molecule has 0 saturated heterocycles. The van der Waals surface area contributed by atoms with E-state index in [1.807, 2.05) is 0 Å². The van der Waals surface area contributed by atoms with E-state index < -0.39 is 5.97 Å². The molecule has 1 amide bonds. The average Bonchev–Trinajstić information content (AvgIpc) is 2.93. The molecule has 122 valence electrons. The Bertz CT molecular complexity index is 702. The molecule has 0 aliphatic rings. The van der Waals surface area contributed by atoms with Crippen LogP contribution in [-0.4, -0.2) is 28.5 Å². The Morgan fingerprint density at radius 3 is 2.91 bits per heavy atom. The van der Waals surface area contributed by atoms with Crippen LogP contribution >= 0.6 is 11.3 Å². The summed E-state index contributed by atoms with van der Waals surface area (Å²) in [4.78, 5) is 26.7. The van der Waals surface area contributed by atoms with Crippen molar-refractivity contribution >= 4 is 23.2 Å². The first-order chi connectivity index (χ1) is 10.9. The van der Waals surface area contributed by atoms with Crippen LogP contribution in [-0.2, 0) is 16.0 Å². The first-order valence-corrected chi connectivity index (χ1v) is 8.01. The van der Waals surface area contributed by atoms with E-state index in [4.69, 9.17) is 5.11 Å². The van der Waals surface area contributed by atoms with Crippen LogP contribution in [0.5, 0.6) is 0 Å². The molecule has 0 radical (unpaired) electrons. The lowest BCUT2D eigenvalue weighted by atomic mass is 10.1. The normalized spacial score (nSPS) is 11.9. The van der Waals surface area contributed by atoms with Crippen LogP contribution in [0.4, 0.5) is 4.39 Å². The summed E-state index contributed by atoms with van der Waals surface area (Å²) in [6.07, 6.45) is 0.131. The van der Waals surface area contributed by atoms with Gasteiger partial charge in [0.2, 0.25) is 5.91 Å². The van der Waals surface area contributed by atoms with Crippen molar-refractivity contribution in [2.24, 2.45) is 5.92 Å². The standard InChI is InChI=1S/C16H17FN2O3S/c1-10(5-15(21)22)8-18-14(20)7-13-9-23-16(19-13)11-3-2-4-12(17)6-11/h2-4,6,9-10H,5,7-8H2,1H3,(H,18,20)(H,21,22). The quantitative estimate of drug-likeness (QED) is 0.815. The summed E-state index contributed by atoms with van der Waals surface area (Å²) in [7, 11) is 0. The average molecular weight is 336 g/mol. The highest BCUT2D eigenvalue weighted by Crippen LogP contribution is 2.24. The minimum atomic E-state index is -0.883. The Kier molecular flexibility index (Phi) is 5.81. The lowest BCUT2D eigenvalue weighted by Gasteiger charge is -2.09. The zero-order valence-corrected chi connectivity index (χ0v) is 13.4. The molecule has 1 atom stereocenters. The molecule has 23 heavy (non-hydrogen) atoms. The van der Waals surface area contributed by atoms with Crippen molar-refractivity contribution in [3.8, 4) is 10.6 Å². The van der Waals surface area contributed by atoms with E-state index >= 15 is 0 Å². The van der Waals surface area contributed by atoms with Gasteiger partial charge >= 0.3 is 5.97 Å². The first-order valence-electron chi connectivity index (χ1n) is 7.13. The van der Waals surface area contributed by atoms with Crippen molar-refractivity contribution in [1.29, 1.82) is 0 Å². The molecular formula is C16H17FN2O3S. The maximum absolute atomic E-state index is 13.2.